The Morgan fingerprint density at radius 3 is 2.52 bits per heavy atom. The van der Waals surface area contributed by atoms with Crippen molar-refractivity contribution in [3.05, 3.63) is 90.0 Å². The molecule has 0 bridgehead atoms. The van der Waals surface area contributed by atoms with Gasteiger partial charge in [-0.05, 0) is 49.2 Å². The normalized spacial score (nSPS) is 18.2. The van der Waals surface area contributed by atoms with Crippen molar-refractivity contribution in [2.45, 2.75) is 30.2 Å². The fraction of sp³-hybridized carbons (Fsp3) is 0.200. The highest BCUT2D eigenvalue weighted by Crippen LogP contribution is 2.45. The number of benzene rings is 2. The van der Waals surface area contributed by atoms with Crippen LogP contribution in [-0.4, -0.2) is 25.9 Å². The van der Waals surface area contributed by atoms with Gasteiger partial charge in [-0.3, -0.25) is 14.5 Å². The third-order valence-corrected chi connectivity index (χ3v) is 7.55. The Bertz CT molecular complexity index is 1340. The molecule has 0 spiro atoms. The minimum absolute atomic E-state index is 0.0720. The smallest absolute Gasteiger partial charge is 0.243 e. The number of ketones is 1. The molecule has 8 heteroatoms. The van der Waals surface area contributed by atoms with Gasteiger partial charge in [0.25, 0.3) is 0 Å². The summed E-state index contributed by atoms with van der Waals surface area (Å²) < 4.78 is 31.8. The van der Waals surface area contributed by atoms with Gasteiger partial charge in [-0.2, -0.15) is 0 Å². The minimum Gasteiger partial charge on any atom is -0.467 e. The molecule has 2 aromatic carbocycles. The van der Waals surface area contributed by atoms with Crippen molar-refractivity contribution in [3.8, 4) is 0 Å². The molecule has 1 aromatic heterocycles. The Balaban J connectivity index is 1.66. The van der Waals surface area contributed by atoms with Crippen LogP contribution in [-0.2, 0) is 19.4 Å². The predicted octanol–water partition coefficient (Wildman–Crippen LogP) is 4.26. The SMILES string of the molecule is O=C1CCCC2=C1[C@@H](c1ccco1)N(C(=O)CS(=O)(=O)c1ccccc1)c1ccccc1N2. The van der Waals surface area contributed by atoms with E-state index in [4.69, 9.17) is 4.42 Å². The maximum absolute atomic E-state index is 13.7. The van der Waals surface area contributed by atoms with Crippen LogP contribution in [0.2, 0.25) is 0 Å². The standard InChI is InChI=1S/C25H22N2O5S/c28-21-13-6-11-19-24(21)25(22-14-7-15-32-22)27(20-12-5-4-10-18(20)26-19)23(29)16-33(30,31)17-8-2-1-3-9-17/h1-5,7-10,12,14-15,25-26H,6,11,13,16H2/t25-/m1/s1. The number of rotatable bonds is 4. The zero-order chi connectivity index (χ0) is 23.0. The third-order valence-electron chi connectivity index (χ3n) is 5.93. The van der Waals surface area contributed by atoms with Crippen molar-refractivity contribution < 1.29 is 22.4 Å². The number of allylic oxidation sites excluding steroid dienone is 1. The summed E-state index contributed by atoms with van der Waals surface area (Å²) in [5, 5.41) is 3.34. The number of fused-ring (bicyclic) bond motifs is 1. The second-order valence-electron chi connectivity index (χ2n) is 8.06. The summed E-state index contributed by atoms with van der Waals surface area (Å²) >= 11 is 0. The van der Waals surface area contributed by atoms with Crippen LogP contribution in [0.4, 0.5) is 11.4 Å². The van der Waals surface area contributed by atoms with Crippen molar-refractivity contribution in [2.24, 2.45) is 0 Å². The molecule has 33 heavy (non-hydrogen) atoms. The molecule has 1 N–H and O–H groups in total. The number of hydrogen-bond donors (Lipinski definition) is 1. The molecule has 0 fully saturated rings. The van der Waals surface area contributed by atoms with Gasteiger partial charge in [0.2, 0.25) is 5.91 Å². The summed E-state index contributed by atoms with van der Waals surface area (Å²) in [7, 11) is -3.90. The first kappa shape index (κ1) is 21.2. The summed E-state index contributed by atoms with van der Waals surface area (Å²) in [6.45, 7) is 0. The van der Waals surface area contributed by atoms with Crippen LogP contribution >= 0.6 is 0 Å². The lowest BCUT2D eigenvalue weighted by atomic mass is 9.88. The molecule has 5 rings (SSSR count). The van der Waals surface area contributed by atoms with Crippen LogP contribution < -0.4 is 10.2 Å². The minimum atomic E-state index is -3.90. The molecule has 1 atom stereocenters. The molecule has 0 unspecified atom stereocenters. The van der Waals surface area contributed by atoms with Crippen molar-refractivity contribution in [1.29, 1.82) is 0 Å². The van der Waals surface area contributed by atoms with Gasteiger partial charge in [-0.15, -0.1) is 0 Å². The third kappa shape index (κ3) is 3.87. The van der Waals surface area contributed by atoms with E-state index in [0.29, 0.717) is 42.0 Å². The lowest BCUT2D eigenvalue weighted by molar-refractivity contribution is -0.117. The summed E-state index contributed by atoms with van der Waals surface area (Å²) in [6.07, 6.45) is 3.19. The highest BCUT2D eigenvalue weighted by molar-refractivity contribution is 7.92. The fourth-order valence-electron chi connectivity index (χ4n) is 4.47. The van der Waals surface area contributed by atoms with Gasteiger partial charge in [0.1, 0.15) is 17.6 Å². The van der Waals surface area contributed by atoms with E-state index in [0.717, 1.165) is 5.70 Å². The zero-order valence-electron chi connectivity index (χ0n) is 17.7. The molecule has 2 aliphatic rings. The molecule has 1 aliphatic heterocycles. The second kappa shape index (κ2) is 8.37. The topological polar surface area (TPSA) is 96.7 Å². The monoisotopic (exact) mass is 462 g/mol. The molecule has 7 nitrogen and oxygen atoms in total. The van der Waals surface area contributed by atoms with Crippen molar-refractivity contribution >= 4 is 32.9 Å². The Kier molecular flexibility index (Phi) is 5.38. The first-order valence-corrected chi connectivity index (χ1v) is 12.4. The Hall–Kier alpha value is -3.65. The van der Waals surface area contributed by atoms with E-state index in [1.54, 1.807) is 42.5 Å². The van der Waals surface area contributed by atoms with E-state index in [9.17, 15) is 18.0 Å². The number of nitrogens with zero attached hydrogens (tertiary/aromatic N) is 1. The van der Waals surface area contributed by atoms with Crippen LogP contribution in [0.25, 0.3) is 0 Å². The molecule has 0 saturated carbocycles. The number of hydrogen-bond acceptors (Lipinski definition) is 6. The van der Waals surface area contributed by atoms with Crippen molar-refractivity contribution in [2.75, 3.05) is 16.0 Å². The zero-order valence-corrected chi connectivity index (χ0v) is 18.5. The average molecular weight is 463 g/mol. The number of carbonyl (C=O) groups excluding carboxylic acids is 2. The summed E-state index contributed by atoms with van der Waals surface area (Å²) in [6, 6.07) is 17.6. The van der Waals surface area contributed by atoms with Gasteiger partial charge in [-0.1, -0.05) is 30.3 Å². The van der Waals surface area contributed by atoms with Gasteiger partial charge >= 0.3 is 0 Å². The largest absolute Gasteiger partial charge is 0.467 e. The van der Waals surface area contributed by atoms with Crippen molar-refractivity contribution in [3.63, 3.8) is 0 Å². The molecule has 0 saturated heterocycles. The second-order valence-corrected chi connectivity index (χ2v) is 10.1. The lowest BCUT2D eigenvalue weighted by Gasteiger charge is -2.32. The Morgan fingerprint density at radius 1 is 1.00 bits per heavy atom. The maximum atomic E-state index is 13.7. The predicted molar refractivity (Wildman–Crippen MR) is 123 cm³/mol. The lowest BCUT2D eigenvalue weighted by Crippen LogP contribution is -2.41. The summed E-state index contributed by atoms with van der Waals surface area (Å²) in [5.74, 6) is -1.05. The van der Waals surface area contributed by atoms with E-state index in [1.807, 2.05) is 12.1 Å². The maximum Gasteiger partial charge on any atom is 0.243 e. The number of Topliss-reactive ketones (excluding diaryl/α,β-unsaturated/α-hetero) is 1. The van der Waals surface area contributed by atoms with E-state index in [-0.39, 0.29) is 10.7 Å². The summed E-state index contributed by atoms with van der Waals surface area (Å²) in [5.41, 5.74) is 2.31. The first-order valence-electron chi connectivity index (χ1n) is 10.7. The molecule has 168 valence electrons. The highest BCUT2D eigenvalue weighted by atomic mass is 32.2. The number of anilines is 2. The molecule has 0 radical (unpaired) electrons. The molecule has 3 aromatic rings. The van der Waals surface area contributed by atoms with Crippen LogP contribution in [0, 0.1) is 0 Å². The molecular weight excluding hydrogens is 440 g/mol. The van der Waals surface area contributed by atoms with Crippen LogP contribution in [0.5, 0.6) is 0 Å². The van der Waals surface area contributed by atoms with Crippen LogP contribution in [0.15, 0.2) is 93.6 Å². The average Bonchev–Trinajstić information content (AvgIpc) is 3.29. The van der Waals surface area contributed by atoms with Crippen molar-refractivity contribution in [1.82, 2.24) is 0 Å². The highest BCUT2D eigenvalue weighted by Gasteiger charge is 2.41. The fourth-order valence-corrected chi connectivity index (χ4v) is 5.67. The molecule has 2 heterocycles. The van der Waals surface area contributed by atoms with Crippen LogP contribution in [0.3, 0.4) is 0 Å². The Morgan fingerprint density at radius 2 is 1.76 bits per heavy atom. The van der Waals surface area contributed by atoms with Gasteiger partial charge in [0.15, 0.2) is 15.6 Å². The molecular formula is C25H22N2O5S. The van der Waals surface area contributed by atoms with E-state index >= 15 is 0 Å². The van der Waals surface area contributed by atoms with Gasteiger partial charge < -0.3 is 9.73 Å². The van der Waals surface area contributed by atoms with Crippen LogP contribution in [0.1, 0.15) is 31.1 Å². The Labute approximate surface area is 191 Å². The van der Waals surface area contributed by atoms with Gasteiger partial charge in [0.05, 0.1) is 22.5 Å². The summed E-state index contributed by atoms with van der Waals surface area (Å²) in [4.78, 5) is 28.3. The number of sulfone groups is 1. The number of amides is 1. The number of para-hydroxylation sites is 2. The quantitative estimate of drug-likeness (QED) is 0.622. The first-order chi connectivity index (χ1) is 16.0. The van der Waals surface area contributed by atoms with E-state index in [2.05, 4.69) is 5.32 Å². The van der Waals surface area contributed by atoms with E-state index in [1.165, 1.54) is 23.3 Å². The number of carbonyl (C=O) groups is 2. The number of furan rings is 1. The van der Waals surface area contributed by atoms with Gasteiger partial charge in [0, 0.05) is 17.7 Å². The molecule has 1 amide bonds. The van der Waals surface area contributed by atoms with E-state index < -0.39 is 27.5 Å². The molecule has 1 aliphatic carbocycles. The number of nitrogens with one attached hydrogen (secondary N) is 1. The van der Waals surface area contributed by atoms with Gasteiger partial charge in [-0.25, -0.2) is 8.42 Å².